The van der Waals surface area contributed by atoms with E-state index in [9.17, 15) is 12.8 Å². The van der Waals surface area contributed by atoms with Gasteiger partial charge in [-0.1, -0.05) is 18.2 Å². The molecule has 1 saturated heterocycles. The zero-order chi connectivity index (χ0) is 15.6. The minimum absolute atomic E-state index is 0.101. The molecule has 1 aliphatic rings. The molecule has 0 aromatic heterocycles. The second-order valence-corrected chi connectivity index (χ2v) is 7.09. The van der Waals surface area contributed by atoms with Crippen LogP contribution in [0.2, 0.25) is 0 Å². The SMILES string of the molecule is O=S(=O)(c1ccccc1)c1ccc(N2CCNCC2)cc1F. The predicted molar refractivity (Wildman–Crippen MR) is 83.4 cm³/mol. The Morgan fingerprint density at radius 3 is 2.32 bits per heavy atom. The Bertz CT molecular complexity index is 757. The molecule has 1 fully saturated rings. The average molecular weight is 320 g/mol. The summed E-state index contributed by atoms with van der Waals surface area (Å²) in [5.41, 5.74) is 0.714. The van der Waals surface area contributed by atoms with Gasteiger partial charge < -0.3 is 10.2 Å². The Balaban J connectivity index is 1.95. The monoisotopic (exact) mass is 320 g/mol. The maximum absolute atomic E-state index is 14.4. The van der Waals surface area contributed by atoms with Gasteiger partial charge in [-0.3, -0.25) is 0 Å². The Morgan fingerprint density at radius 1 is 1.00 bits per heavy atom. The number of nitrogens with zero attached hydrogens (tertiary/aromatic N) is 1. The number of halogens is 1. The van der Waals surface area contributed by atoms with Crippen LogP contribution in [-0.4, -0.2) is 34.6 Å². The lowest BCUT2D eigenvalue weighted by atomic mass is 10.2. The summed E-state index contributed by atoms with van der Waals surface area (Å²) in [6, 6.07) is 12.3. The van der Waals surface area contributed by atoms with Crippen molar-refractivity contribution >= 4 is 15.5 Å². The third-order valence-electron chi connectivity index (χ3n) is 3.74. The summed E-state index contributed by atoms with van der Waals surface area (Å²) >= 11 is 0. The van der Waals surface area contributed by atoms with E-state index in [-0.39, 0.29) is 9.79 Å². The Morgan fingerprint density at radius 2 is 1.68 bits per heavy atom. The Hall–Kier alpha value is -1.92. The standard InChI is InChI=1S/C16H17FN2O2S/c17-15-12-13(19-10-8-18-9-11-19)6-7-16(15)22(20,21)14-4-2-1-3-5-14/h1-7,12,18H,8-11H2. The molecule has 2 aromatic rings. The van der Waals surface area contributed by atoms with Crippen molar-refractivity contribution in [2.24, 2.45) is 0 Å². The lowest BCUT2D eigenvalue weighted by molar-refractivity contribution is 0.562. The second kappa shape index (κ2) is 6.06. The topological polar surface area (TPSA) is 49.4 Å². The molecule has 1 N–H and O–H groups in total. The van der Waals surface area contributed by atoms with Crippen LogP contribution >= 0.6 is 0 Å². The highest BCUT2D eigenvalue weighted by atomic mass is 32.2. The molecule has 0 bridgehead atoms. The summed E-state index contributed by atoms with van der Waals surface area (Å²) in [5, 5.41) is 3.22. The van der Waals surface area contributed by atoms with E-state index in [1.807, 2.05) is 4.90 Å². The van der Waals surface area contributed by atoms with E-state index >= 15 is 0 Å². The summed E-state index contributed by atoms with van der Waals surface area (Å²) in [6.45, 7) is 3.24. The van der Waals surface area contributed by atoms with Gasteiger partial charge >= 0.3 is 0 Å². The molecule has 1 aliphatic heterocycles. The maximum atomic E-state index is 14.4. The average Bonchev–Trinajstić information content (AvgIpc) is 2.56. The summed E-state index contributed by atoms with van der Waals surface area (Å²) in [6.07, 6.45) is 0. The van der Waals surface area contributed by atoms with Crippen LogP contribution in [0.5, 0.6) is 0 Å². The van der Waals surface area contributed by atoms with E-state index in [2.05, 4.69) is 5.32 Å². The normalized spacial score (nSPS) is 15.8. The maximum Gasteiger partial charge on any atom is 0.209 e. The minimum Gasteiger partial charge on any atom is -0.369 e. The smallest absolute Gasteiger partial charge is 0.209 e. The van der Waals surface area contributed by atoms with Crippen molar-refractivity contribution in [2.45, 2.75) is 9.79 Å². The molecular weight excluding hydrogens is 303 g/mol. The number of hydrogen-bond donors (Lipinski definition) is 1. The van der Waals surface area contributed by atoms with Gasteiger partial charge in [0, 0.05) is 31.9 Å². The highest BCUT2D eigenvalue weighted by molar-refractivity contribution is 7.91. The quantitative estimate of drug-likeness (QED) is 0.940. The largest absolute Gasteiger partial charge is 0.369 e. The van der Waals surface area contributed by atoms with E-state index in [1.165, 1.54) is 24.3 Å². The summed E-state index contributed by atoms with van der Waals surface area (Å²) in [7, 11) is -3.82. The van der Waals surface area contributed by atoms with Gasteiger partial charge in [0.25, 0.3) is 0 Å². The first-order chi connectivity index (χ1) is 10.6. The number of sulfone groups is 1. The van der Waals surface area contributed by atoms with Crippen LogP contribution in [0.1, 0.15) is 0 Å². The van der Waals surface area contributed by atoms with E-state index in [0.717, 1.165) is 26.2 Å². The van der Waals surface area contributed by atoms with E-state index in [1.54, 1.807) is 24.3 Å². The number of anilines is 1. The van der Waals surface area contributed by atoms with Crippen LogP contribution in [0.15, 0.2) is 58.3 Å². The van der Waals surface area contributed by atoms with Crippen molar-refractivity contribution in [2.75, 3.05) is 31.1 Å². The van der Waals surface area contributed by atoms with Gasteiger partial charge in [-0.05, 0) is 30.3 Å². The third kappa shape index (κ3) is 2.84. The molecule has 3 rings (SSSR count). The molecule has 22 heavy (non-hydrogen) atoms. The van der Waals surface area contributed by atoms with Crippen LogP contribution in [-0.2, 0) is 9.84 Å². The highest BCUT2D eigenvalue weighted by Gasteiger charge is 2.22. The zero-order valence-electron chi connectivity index (χ0n) is 12.0. The molecule has 6 heteroatoms. The van der Waals surface area contributed by atoms with Gasteiger partial charge in [0.2, 0.25) is 9.84 Å². The van der Waals surface area contributed by atoms with Crippen molar-refractivity contribution in [3.63, 3.8) is 0 Å². The molecule has 4 nitrogen and oxygen atoms in total. The Labute approximate surface area is 129 Å². The van der Waals surface area contributed by atoms with Crippen molar-refractivity contribution in [3.8, 4) is 0 Å². The zero-order valence-corrected chi connectivity index (χ0v) is 12.8. The number of piperazine rings is 1. The fourth-order valence-corrected chi connectivity index (χ4v) is 3.89. The number of nitrogens with one attached hydrogen (secondary N) is 1. The molecule has 0 amide bonds. The summed E-state index contributed by atoms with van der Waals surface area (Å²) < 4.78 is 39.3. The molecule has 0 unspecified atom stereocenters. The fourth-order valence-electron chi connectivity index (χ4n) is 2.55. The number of benzene rings is 2. The lowest BCUT2D eigenvalue weighted by Crippen LogP contribution is -2.43. The number of rotatable bonds is 3. The summed E-state index contributed by atoms with van der Waals surface area (Å²) in [5.74, 6) is -0.708. The molecular formula is C16H17FN2O2S. The fraction of sp³-hybridized carbons (Fsp3) is 0.250. The molecule has 1 heterocycles. The van der Waals surface area contributed by atoms with Gasteiger partial charge in [-0.2, -0.15) is 0 Å². The van der Waals surface area contributed by atoms with E-state index in [0.29, 0.717) is 5.69 Å². The molecule has 0 atom stereocenters. The van der Waals surface area contributed by atoms with Crippen LogP contribution in [0.4, 0.5) is 10.1 Å². The Kier molecular flexibility index (Phi) is 4.13. The first-order valence-electron chi connectivity index (χ1n) is 7.14. The number of hydrogen-bond acceptors (Lipinski definition) is 4. The van der Waals surface area contributed by atoms with Crippen molar-refractivity contribution in [1.29, 1.82) is 0 Å². The molecule has 2 aromatic carbocycles. The molecule has 116 valence electrons. The van der Waals surface area contributed by atoms with Crippen LogP contribution < -0.4 is 10.2 Å². The van der Waals surface area contributed by atoms with Crippen LogP contribution in [0.25, 0.3) is 0 Å². The van der Waals surface area contributed by atoms with Gasteiger partial charge in [0.15, 0.2) is 0 Å². The summed E-state index contributed by atoms with van der Waals surface area (Å²) in [4.78, 5) is 1.86. The minimum atomic E-state index is -3.82. The van der Waals surface area contributed by atoms with Gasteiger partial charge in [0.05, 0.1) is 4.90 Å². The van der Waals surface area contributed by atoms with Crippen LogP contribution in [0, 0.1) is 5.82 Å². The van der Waals surface area contributed by atoms with Crippen molar-refractivity contribution < 1.29 is 12.8 Å². The molecule has 0 saturated carbocycles. The van der Waals surface area contributed by atoms with E-state index < -0.39 is 15.7 Å². The first-order valence-corrected chi connectivity index (χ1v) is 8.63. The van der Waals surface area contributed by atoms with Crippen molar-refractivity contribution in [3.05, 3.63) is 54.3 Å². The lowest BCUT2D eigenvalue weighted by Gasteiger charge is -2.29. The second-order valence-electron chi connectivity index (χ2n) is 5.17. The third-order valence-corrected chi connectivity index (χ3v) is 5.54. The molecule has 0 spiro atoms. The van der Waals surface area contributed by atoms with Gasteiger partial charge in [-0.25, -0.2) is 12.8 Å². The highest BCUT2D eigenvalue weighted by Crippen LogP contribution is 2.26. The molecule has 0 aliphatic carbocycles. The van der Waals surface area contributed by atoms with Crippen LogP contribution in [0.3, 0.4) is 0 Å². The van der Waals surface area contributed by atoms with Crippen molar-refractivity contribution in [1.82, 2.24) is 5.32 Å². The van der Waals surface area contributed by atoms with Gasteiger partial charge in [-0.15, -0.1) is 0 Å². The van der Waals surface area contributed by atoms with E-state index in [4.69, 9.17) is 0 Å². The molecule has 0 radical (unpaired) electrons. The van der Waals surface area contributed by atoms with Gasteiger partial charge in [0.1, 0.15) is 10.7 Å². The first kappa shape index (κ1) is 15.0. The predicted octanol–water partition coefficient (Wildman–Crippen LogP) is 2.07.